The molecule has 0 unspecified atom stereocenters. The molecule has 138 valence electrons. The maximum absolute atomic E-state index is 14.2. The van der Waals surface area contributed by atoms with Gasteiger partial charge in [0.25, 0.3) is 5.91 Å². The highest BCUT2D eigenvalue weighted by atomic mass is 127. The van der Waals surface area contributed by atoms with Crippen LogP contribution >= 0.6 is 22.6 Å². The third-order valence-corrected chi connectivity index (χ3v) is 6.52. The fourth-order valence-corrected chi connectivity index (χ4v) is 4.36. The first kappa shape index (κ1) is 19.2. The molecule has 1 heterocycles. The number of hydrogen-bond acceptors (Lipinski definition) is 4. The van der Waals surface area contributed by atoms with Crippen LogP contribution in [-0.4, -0.2) is 44.9 Å². The number of nitrogens with one attached hydrogen (secondary N) is 1. The maximum atomic E-state index is 14.2. The predicted molar refractivity (Wildman–Crippen MR) is 103 cm³/mol. The molecule has 0 aliphatic carbocycles. The molecule has 26 heavy (non-hydrogen) atoms. The summed E-state index contributed by atoms with van der Waals surface area (Å²) >= 11 is 2.14. The molecule has 3 rings (SSSR count). The van der Waals surface area contributed by atoms with Crippen LogP contribution in [0.2, 0.25) is 0 Å². The molecule has 9 heteroatoms. The number of carbonyl (C=O) groups excluding carboxylic acids is 1. The van der Waals surface area contributed by atoms with E-state index in [4.69, 9.17) is 4.74 Å². The van der Waals surface area contributed by atoms with Crippen molar-refractivity contribution >= 4 is 44.2 Å². The van der Waals surface area contributed by atoms with Crippen molar-refractivity contribution in [1.29, 1.82) is 0 Å². The number of benzene rings is 2. The second kappa shape index (κ2) is 7.99. The van der Waals surface area contributed by atoms with Gasteiger partial charge in [-0.1, -0.05) is 0 Å². The summed E-state index contributed by atoms with van der Waals surface area (Å²) in [4.78, 5) is 11.9. The number of amides is 1. The van der Waals surface area contributed by atoms with Gasteiger partial charge in [0.05, 0.1) is 13.2 Å². The molecule has 2 aromatic carbocycles. The van der Waals surface area contributed by atoms with Crippen molar-refractivity contribution in [1.82, 2.24) is 4.31 Å². The van der Waals surface area contributed by atoms with Gasteiger partial charge in [-0.05, 0) is 65.1 Å². The quantitative estimate of drug-likeness (QED) is 0.670. The van der Waals surface area contributed by atoms with Crippen molar-refractivity contribution in [3.8, 4) is 0 Å². The summed E-state index contributed by atoms with van der Waals surface area (Å²) in [5.41, 5.74) is 0.633. The Hall–Kier alpha value is -1.56. The van der Waals surface area contributed by atoms with Crippen LogP contribution in [0.4, 0.5) is 10.1 Å². The lowest BCUT2D eigenvalue weighted by Crippen LogP contribution is -2.41. The van der Waals surface area contributed by atoms with Gasteiger partial charge in [0.2, 0.25) is 10.0 Å². The Balaban J connectivity index is 1.87. The Morgan fingerprint density at radius 1 is 1.12 bits per heavy atom. The Morgan fingerprint density at radius 3 is 2.42 bits per heavy atom. The molecule has 0 aromatic heterocycles. The van der Waals surface area contributed by atoms with Crippen molar-refractivity contribution in [2.24, 2.45) is 0 Å². The zero-order valence-corrected chi connectivity index (χ0v) is 16.6. The number of nitrogens with zero attached hydrogens (tertiary/aromatic N) is 1. The van der Waals surface area contributed by atoms with Gasteiger partial charge < -0.3 is 10.1 Å². The predicted octanol–water partition coefficient (Wildman–Crippen LogP) is 2.70. The van der Waals surface area contributed by atoms with Crippen molar-refractivity contribution in [2.45, 2.75) is 4.90 Å². The van der Waals surface area contributed by atoms with Crippen molar-refractivity contribution < 1.29 is 22.3 Å². The zero-order chi connectivity index (χ0) is 18.7. The number of morpholine rings is 1. The molecular weight excluding hydrogens is 474 g/mol. The minimum Gasteiger partial charge on any atom is -0.379 e. The monoisotopic (exact) mass is 490 g/mol. The molecule has 1 aliphatic heterocycles. The number of halogens is 2. The molecule has 1 aliphatic rings. The summed E-state index contributed by atoms with van der Waals surface area (Å²) in [5.74, 6) is -1.40. The molecule has 0 atom stereocenters. The lowest BCUT2D eigenvalue weighted by Gasteiger charge is -2.26. The van der Waals surface area contributed by atoms with Crippen molar-refractivity contribution in [2.75, 3.05) is 31.6 Å². The molecule has 0 bridgehead atoms. The first-order chi connectivity index (χ1) is 12.4. The fourth-order valence-electron chi connectivity index (χ4n) is 2.50. The van der Waals surface area contributed by atoms with Crippen LogP contribution in [0, 0.1) is 9.39 Å². The number of anilines is 1. The summed E-state index contributed by atoms with van der Waals surface area (Å²) in [7, 11) is -4.03. The first-order valence-electron chi connectivity index (χ1n) is 7.82. The summed E-state index contributed by atoms with van der Waals surface area (Å²) < 4.78 is 46.8. The van der Waals surface area contributed by atoms with Gasteiger partial charge in [-0.3, -0.25) is 4.79 Å². The number of rotatable bonds is 4. The second-order valence-corrected chi connectivity index (χ2v) is 8.77. The van der Waals surface area contributed by atoms with E-state index in [-0.39, 0.29) is 31.9 Å². The van der Waals surface area contributed by atoms with Gasteiger partial charge >= 0.3 is 0 Å². The maximum Gasteiger partial charge on any atom is 0.255 e. The van der Waals surface area contributed by atoms with Crippen LogP contribution in [0.3, 0.4) is 0 Å². The second-order valence-electron chi connectivity index (χ2n) is 5.62. The molecule has 1 amide bonds. The Kier molecular flexibility index (Phi) is 5.90. The number of hydrogen-bond donors (Lipinski definition) is 1. The Labute approximate surface area is 164 Å². The van der Waals surface area contributed by atoms with Crippen LogP contribution in [-0.2, 0) is 14.8 Å². The number of carbonyl (C=O) groups is 1. The van der Waals surface area contributed by atoms with E-state index in [1.807, 2.05) is 12.1 Å². The molecule has 0 radical (unpaired) electrons. The molecule has 2 aromatic rings. The normalized spacial score (nSPS) is 15.6. The van der Waals surface area contributed by atoms with Gasteiger partial charge in [0.15, 0.2) is 0 Å². The van der Waals surface area contributed by atoms with E-state index in [1.165, 1.54) is 6.07 Å². The summed E-state index contributed by atoms with van der Waals surface area (Å²) in [5, 5.41) is 2.67. The third-order valence-electron chi connectivity index (χ3n) is 3.88. The highest BCUT2D eigenvalue weighted by Gasteiger charge is 2.29. The minimum atomic E-state index is -4.03. The van der Waals surface area contributed by atoms with E-state index in [0.29, 0.717) is 5.69 Å². The Bertz CT molecular complexity index is 913. The lowest BCUT2D eigenvalue weighted by molar-refractivity contribution is 0.0729. The van der Waals surface area contributed by atoms with E-state index in [9.17, 15) is 17.6 Å². The standard InChI is InChI=1S/C17H16FIN2O4S/c18-15-6-1-12(17(22)20-14-4-2-13(19)3-5-14)11-16(15)26(23,24)21-7-9-25-10-8-21/h1-6,11H,7-10H2,(H,20,22). The van der Waals surface area contributed by atoms with E-state index >= 15 is 0 Å². The fraction of sp³-hybridized carbons (Fsp3) is 0.235. The average molecular weight is 490 g/mol. The summed E-state index contributed by atoms with van der Waals surface area (Å²) in [6.45, 7) is 0.823. The summed E-state index contributed by atoms with van der Waals surface area (Å²) in [6.07, 6.45) is 0. The first-order valence-corrected chi connectivity index (χ1v) is 10.3. The van der Waals surface area contributed by atoms with E-state index in [1.54, 1.807) is 12.1 Å². The van der Waals surface area contributed by atoms with Crippen LogP contribution in [0.1, 0.15) is 10.4 Å². The largest absolute Gasteiger partial charge is 0.379 e. The summed E-state index contributed by atoms with van der Waals surface area (Å²) in [6, 6.07) is 10.4. The smallest absolute Gasteiger partial charge is 0.255 e. The third kappa shape index (κ3) is 4.22. The molecule has 1 N–H and O–H groups in total. The number of ether oxygens (including phenoxy) is 1. The highest BCUT2D eigenvalue weighted by Crippen LogP contribution is 2.22. The van der Waals surface area contributed by atoms with E-state index < -0.39 is 26.6 Å². The molecule has 1 fully saturated rings. The average Bonchev–Trinajstić information content (AvgIpc) is 2.64. The minimum absolute atomic E-state index is 0.0665. The topological polar surface area (TPSA) is 75.7 Å². The van der Waals surface area contributed by atoms with Gasteiger partial charge in [-0.25, -0.2) is 12.8 Å². The van der Waals surface area contributed by atoms with Gasteiger partial charge in [-0.15, -0.1) is 0 Å². The van der Waals surface area contributed by atoms with Crippen molar-refractivity contribution in [3.05, 3.63) is 57.4 Å². The van der Waals surface area contributed by atoms with Gasteiger partial charge in [-0.2, -0.15) is 4.31 Å². The zero-order valence-electron chi connectivity index (χ0n) is 13.6. The van der Waals surface area contributed by atoms with Gasteiger partial charge in [0.1, 0.15) is 10.7 Å². The van der Waals surface area contributed by atoms with Gasteiger partial charge in [0, 0.05) is 27.9 Å². The molecule has 6 nitrogen and oxygen atoms in total. The van der Waals surface area contributed by atoms with Crippen LogP contribution in [0.25, 0.3) is 0 Å². The number of sulfonamides is 1. The molecular formula is C17H16FIN2O4S. The molecule has 0 spiro atoms. The van der Waals surface area contributed by atoms with Crippen LogP contribution in [0.5, 0.6) is 0 Å². The lowest BCUT2D eigenvalue weighted by atomic mass is 10.2. The van der Waals surface area contributed by atoms with E-state index in [0.717, 1.165) is 20.0 Å². The SMILES string of the molecule is O=C(Nc1ccc(I)cc1)c1ccc(F)c(S(=O)(=O)N2CCOCC2)c1. The Morgan fingerprint density at radius 2 is 1.77 bits per heavy atom. The molecule has 1 saturated heterocycles. The van der Waals surface area contributed by atoms with Crippen LogP contribution < -0.4 is 5.32 Å². The molecule has 0 saturated carbocycles. The van der Waals surface area contributed by atoms with Crippen LogP contribution in [0.15, 0.2) is 47.4 Å². The van der Waals surface area contributed by atoms with E-state index in [2.05, 4.69) is 27.9 Å². The van der Waals surface area contributed by atoms with Crippen molar-refractivity contribution in [3.63, 3.8) is 0 Å². The highest BCUT2D eigenvalue weighted by molar-refractivity contribution is 14.1.